The number of carbonyl (C=O) groups is 1. The quantitative estimate of drug-likeness (QED) is 0.858. The van der Waals surface area contributed by atoms with Gasteiger partial charge in [0.05, 0.1) is 15.4 Å². The van der Waals surface area contributed by atoms with Gasteiger partial charge in [0.15, 0.2) is 0 Å². The summed E-state index contributed by atoms with van der Waals surface area (Å²) < 4.78 is 0.675. The van der Waals surface area contributed by atoms with E-state index >= 15 is 0 Å². The van der Waals surface area contributed by atoms with E-state index in [0.717, 1.165) is 30.7 Å². The first-order chi connectivity index (χ1) is 7.65. The molecule has 1 aromatic rings. The van der Waals surface area contributed by atoms with Crippen LogP contribution in [0.3, 0.4) is 0 Å². The SMILES string of the molecule is O=C(Nc1ccc(Cl)s1)C1CCC(O)CC1. The summed E-state index contributed by atoms with van der Waals surface area (Å²) in [7, 11) is 0. The van der Waals surface area contributed by atoms with Gasteiger partial charge >= 0.3 is 0 Å². The van der Waals surface area contributed by atoms with Crippen LogP contribution in [0.5, 0.6) is 0 Å². The van der Waals surface area contributed by atoms with Gasteiger partial charge in [-0.3, -0.25) is 4.79 Å². The Morgan fingerprint density at radius 1 is 1.38 bits per heavy atom. The van der Waals surface area contributed by atoms with Crippen molar-refractivity contribution in [3.63, 3.8) is 0 Å². The molecule has 0 spiro atoms. The van der Waals surface area contributed by atoms with Gasteiger partial charge in [0, 0.05) is 5.92 Å². The lowest BCUT2D eigenvalue weighted by atomic mass is 9.87. The lowest BCUT2D eigenvalue weighted by Gasteiger charge is -2.24. The average molecular weight is 260 g/mol. The summed E-state index contributed by atoms with van der Waals surface area (Å²) in [6.45, 7) is 0. The van der Waals surface area contributed by atoms with E-state index in [1.54, 1.807) is 6.07 Å². The molecule has 3 nitrogen and oxygen atoms in total. The normalized spacial score (nSPS) is 25.4. The van der Waals surface area contributed by atoms with E-state index in [9.17, 15) is 9.90 Å². The van der Waals surface area contributed by atoms with E-state index in [-0.39, 0.29) is 17.9 Å². The molecule has 1 heterocycles. The van der Waals surface area contributed by atoms with Crippen molar-refractivity contribution >= 4 is 33.8 Å². The minimum atomic E-state index is -0.222. The van der Waals surface area contributed by atoms with Crippen LogP contribution in [0.4, 0.5) is 5.00 Å². The molecule has 5 heteroatoms. The number of amides is 1. The predicted molar refractivity (Wildman–Crippen MR) is 65.9 cm³/mol. The number of aliphatic hydroxyl groups excluding tert-OH is 1. The molecule has 1 amide bonds. The van der Waals surface area contributed by atoms with Crippen LogP contribution in [-0.4, -0.2) is 17.1 Å². The maximum absolute atomic E-state index is 11.9. The molecule has 2 N–H and O–H groups in total. The third-order valence-electron chi connectivity index (χ3n) is 2.89. The second-order valence-corrected chi connectivity index (χ2v) is 5.81. The van der Waals surface area contributed by atoms with Crippen molar-refractivity contribution in [1.29, 1.82) is 0 Å². The topological polar surface area (TPSA) is 49.3 Å². The summed E-state index contributed by atoms with van der Waals surface area (Å²) in [5, 5.41) is 13.0. The van der Waals surface area contributed by atoms with Crippen molar-refractivity contribution < 1.29 is 9.90 Å². The fourth-order valence-electron chi connectivity index (χ4n) is 1.94. The van der Waals surface area contributed by atoms with Gasteiger partial charge in [-0.1, -0.05) is 11.6 Å². The Hall–Kier alpha value is -0.580. The Bertz CT molecular complexity index is 372. The second-order valence-electron chi connectivity index (χ2n) is 4.10. The summed E-state index contributed by atoms with van der Waals surface area (Å²) in [5.41, 5.74) is 0. The molecular formula is C11H14ClNO2S. The van der Waals surface area contributed by atoms with Crippen LogP contribution in [0.25, 0.3) is 0 Å². The first-order valence-corrected chi connectivity index (χ1v) is 6.59. The third-order valence-corrected chi connectivity index (χ3v) is 4.03. The molecule has 1 saturated carbocycles. The molecule has 88 valence electrons. The lowest BCUT2D eigenvalue weighted by Crippen LogP contribution is -2.28. The molecule has 0 radical (unpaired) electrons. The summed E-state index contributed by atoms with van der Waals surface area (Å²) in [6.07, 6.45) is 2.77. The van der Waals surface area contributed by atoms with Crippen molar-refractivity contribution in [1.82, 2.24) is 0 Å². The lowest BCUT2D eigenvalue weighted by molar-refractivity contribution is -0.121. The number of aliphatic hydroxyl groups is 1. The average Bonchev–Trinajstić information content (AvgIpc) is 2.65. The number of nitrogens with one attached hydrogen (secondary N) is 1. The molecule has 1 fully saturated rings. The molecule has 1 aromatic heterocycles. The Balaban J connectivity index is 1.88. The number of hydrogen-bond acceptors (Lipinski definition) is 3. The van der Waals surface area contributed by atoms with Crippen LogP contribution in [0.15, 0.2) is 12.1 Å². The molecule has 1 aliphatic carbocycles. The molecule has 1 aliphatic rings. The fourth-order valence-corrected chi connectivity index (χ4v) is 2.89. The summed E-state index contributed by atoms with van der Waals surface area (Å²) in [6, 6.07) is 3.58. The first kappa shape index (κ1) is 11.9. The predicted octanol–water partition coefficient (Wildman–Crippen LogP) is 2.89. The van der Waals surface area contributed by atoms with Crippen LogP contribution in [0.1, 0.15) is 25.7 Å². The molecule has 0 bridgehead atoms. The highest BCUT2D eigenvalue weighted by Gasteiger charge is 2.25. The highest BCUT2D eigenvalue weighted by atomic mass is 35.5. The van der Waals surface area contributed by atoms with E-state index in [1.165, 1.54) is 11.3 Å². The number of hydrogen-bond donors (Lipinski definition) is 2. The zero-order valence-electron chi connectivity index (χ0n) is 8.78. The Morgan fingerprint density at radius 3 is 2.62 bits per heavy atom. The van der Waals surface area contributed by atoms with Gasteiger partial charge in [-0.2, -0.15) is 0 Å². The Kier molecular flexibility index (Phi) is 3.84. The molecule has 0 saturated heterocycles. The maximum Gasteiger partial charge on any atom is 0.228 e. The standard InChI is InChI=1S/C11H14ClNO2S/c12-9-5-6-10(16-9)13-11(15)7-1-3-8(14)4-2-7/h5-8,14H,1-4H2,(H,13,15). The van der Waals surface area contributed by atoms with Crippen LogP contribution in [0.2, 0.25) is 4.34 Å². The van der Waals surface area contributed by atoms with Crippen LogP contribution >= 0.6 is 22.9 Å². The highest BCUT2D eigenvalue weighted by Crippen LogP contribution is 2.29. The molecule has 0 aliphatic heterocycles. The number of thiophene rings is 1. The third kappa shape index (κ3) is 2.97. The van der Waals surface area contributed by atoms with Crippen molar-refractivity contribution in [2.24, 2.45) is 5.92 Å². The van der Waals surface area contributed by atoms with E-state index in [0.29, 0.717) is 4.34 Å². The minimum Gasteiger partial charge on any atom is -0.393 e. The van der Waals surface area contributed by atoms with Crippen LogP contribution in [0, 0.1) is 5.92 Å². The Labute approximate surface area is 103 Å². The number of carbonyl (C=O) groups excluding carboxylic acids is 1. The fraction of sp³-hybridized carbons (Fsp3) is 0.545. The van der Waals surface area contributed by atoms with E-state index in [2.05, 4.69) is 5.32 Å². The van der Waals surface area contributed by atoms with Gasteiger partial charge in [-0.05, 0) is 37.8 Å². The van der Waals surface area contributed by atoms with E-state index in [4.69, 9.17) is 11.6 Å². The van der Waals surface area contributed by atoms with Gasteiger partial charge in [0.2, 0.25) is 5.91 Å². The summed E-state index contributed by atoms with van der Waals surface area (Å²) >= 11 is 7.15. The first-order valence-electron chi connectivity index (χ1n) is 5.39. The van der Waals surface area contributed by atoms with Crippen LogP contribution < -0.4 is 5.32 Å². The zero-order chi connectivity index (χ0) is 11.5. The van der Waals surface area contributed by atoms with Gasteiger partial charge < -0.3 is 10.4 Å². The Morgan fingerprint density at radius 2 is 2.06 bits per heavy atom. The summed E-state index contributed by atoms with van der Waals surface area (Å²) in [4.78, 5) is 11.9. The molecular weight excluding hydrogens is 246 g/mol. The molecule has 0 unspecified atom stereocenters. The summed E-state index contributed by atoms with van der Waals surface area (Å²) in [5.74, 6) is 0.0784. The van der Waals surface area contributed by atoms with Gasteiger partial charge in [-0.25, -0.2) is 0 Å². The number of rotatable bonds is 2. The highest BCUT2D eigenvalue weighted by molar-refractivity contribution is 7.20. The monoisotopic (exact) mass is 259 g/mol. The number of anilines is 1. The molecule has 16 heavy (non-hydrogen) atoms. The van der Waals surface area contributed by atoms with Crippen molar-refractivity contribution in [3.05, 3.63) is 16.5 Å². The molecule has 0 atom stereocenters. The second kappa shape index (κ2) is 5.17. The van der Waals surface area contributed by atoms with Crippen molar-refractivity contribution in [2.45, 2.75) is 31.8 Å². The van der Waals surface area contributed by atoms with Crippen molar-refractivity contribution in [2.75, 3.05) is 5.32 Å². The number of halogens is 1. The molecule has 0 aromatic carbocycles. The zero-order valence-corrected chi connectivity index (χ0v) is 10.4. The van der Waals surface area contributed by atoms with Gasteiger partial charge in [0.25, 0.3) is 0 Å². The maximum atomic E-state index is 11.9. The largest absolute Gasteiger partial charge is 0.393 e. The van der Waals surface area contributed by atoms with Crippen molar-refractivity contribution in [3.8, 4) is 0 Å². The van der Waals surface area contributed by atoms with E-state index < -0.39 is 0 Å². The minimum absolute atomic E-state index is 0.0317. The van der Waals surface area contributed by atoms with Crippen LogP contribution in [-0.2, 0) is 4.79 Å². The van der Waals surface area contributed by atoms with Gasteiger partial charge in [-0.15, -0.1) is 11.3 Å². The van der Waals surface area contributed by atoms with E-state index in [1.807, 2.05) is 6.07 Å². The van der Waals surface area contributed by atoms with Gasteiger partial charge in [0.1, 0.15) is 0 Å². The smallest absolute Gasteiger partial charge is 0.228 e. The molecule has 2 rings (SSSR count).